The lowest BCUT2D eigenvalue weighted by Crippen LogP contribution is -2.47. The van der Waals surface area contributed by atoms with Gasteiger partial charge in [0.2, 0.25) is 0 Å². The Kier molecular flexibility index (Phi) is 21.2. The summed E-state index contributed by atoms with van der Waals surface area (Å²) < 4.78 is 15.9. The number of rotatable bonds is 14. The van der Waals surface area contributed by atoms with E-state index < -0.39 is 11.2 Å². The molecule has 3 saturated carbocycles. The van der Waals surface area contributed by atoms with Gasteiger partial charge in [0.15, 0.2) is 0 Å². The van der Waals surface area contributed by atoms with E-state index in [1.54, 1.807) is 0 Å². The molecule has 11 rings (SSSR count). The zero-order valence-electron chi connectivity index (χ0n) is 52.0. The van der Waals surface area contributed by atoms with Gasteiger partial charge in [-0.15, -0.1) is 0 Å². The smallest absolute Gasteiger partial charge is 0.410 e. The van der Waals surface area contributed by atoms with Crippen LogP contribution in [0.5, 0.6) is 0 Å². The molecule has 0 spiro atoms. The average molecular weight is 1260 g/mol. The minimum Gasteiger partial charge on any atom is -0.444 e. The normalized spacial score (nSPS) is 23.5. The minimum atomic E-state index is -0.434. The molecule has 3 aliphatic heterocycles. The van der Waals surface area contributed by atoms with Gasteiger partial charge in [-0.1, -0.05) is 95.6 Å². The number of carbonyl (C=O) groups excluding carboxylic acids is 2. The first-order chi connectivity index (χ1) is 40.1. The number of likely N-dealkylation sites (tertiary alicyclic amines) is 2. The molecule has 0 bridgehead atoms. The highest BCUT2D eigenvalue weighted by Crippen LogP contribution is 2.41. The molecule has 2 amide bonds. The van der Waals surface area contributed by atoms with Gasteiger partial charge in [0.1, 0.15) is 11.2 Å². The van der Waals surface area contributed by atoms with Crippen molar-refractivity contribution in [3.05, 3.63) is 135 Å². The van der Waals surface area contributed by atoms with E-state index in [-0.39, 0.29) is 12.2 Å². The van der Waals surface area contributed by atoms with Crippen molar-refractivity contribution in [3.8, 4) is 22.3 Å². The highest BCUT2D eigenvalue weighted by molar-refractivity contribution is 14.1. The maximum atomic E-state index is 12.2. The summed E-state index contributed by atoms with van der Waals surface area (Å²) in [6.07, 6.45) is 24.7. The molecule has 2 aromatic heterocycles. The largest absolute Gasteiger partial charge is 0.444 e. The van der Waals surface area contributed by atoms with Crippen molar-refractivity contribution in [1.82, 2.24) is 50.6 Å². The van der Waals surface area contributed by atoms with Crippen LogP contribution in [0, 0.1) is 21.3 Å². The highest BCUT2D eigenvalue weighted by Gasteiger charge is 2.42. The predicted octanol–water partition coefficient (Wildman–Crippen LogP) is 13.2. The Hall–Kier alpha value is -5.59. The monoisotopic (exact) mass is 1250 g/mol. The Balaban J connectivity index is 0.000000152. The fourth-order valence-electron chi connectivity index (χ4n) is 12.0. The molecule has 15 heteroatoms. The van der Waals surface area contributed by atoms with Crippen LogP contribution in [0.15, 0.2) is 114 Å². The number of halogens is 1. The molecule has 0 unspecified atom stereocenters. The van der Waals surface area contributed by atoms with Gasteiger partial charge in [-0.05, 0) is 213 Å². The second-order valence-corrected chi connectivity index (χ2v) is 27.9. The first kappa shape index (κ1) is 62.9. The third-order valence-electron chi connectivity index (χ3n) is 17.1. The summed E-state index contributed by atoms with van der Waals surface area (Å²) in [6.45, 7) is 23.7. The molecule has 84 heavy (non-hydrogen) atoms. The van der Waals surface area contributed by atoms with Crippen LogP contribution in [0.1, 0.15) is 137 Å². The van der Waals surface area contributed by atoms with Crippen LogP contribution in [-0.4, -0.2) is 128 Å². The third-order valence-corrected chi connectivity index (χ3v) is 17.8. The summed E-state index contributed by atoms with van der Waals surface area (Å²) in [7, 11) is 3.89. The van der Waals surface area contributed by atoms with Crippen LogP contribution in [0.4, 0.5) is 9.59 Å². The molecule has 3 aliphatic carbocycles. The van der Waals surface area contributed by atoms with Crippen molar-refractivity contribution in [2.24, 2.45) is 31.8 Å². The number of ether oxygens (including phenoxy) is 2. The van der Waals surface area contributed by atoms with Crippen LogP contribution in [0.2, 0.25) is 0 Å². The lowest BCUT2D eigenvalue weighted by molar-refractivity contribution is 0.0187. The van der Waals surface area contributed by atoms with Crippen molar-refractivity contribution in [3.63, 3.8) is 0 Å². The Morgan fingerprint density at radius 2 is 0.833 bits per heavy atom. The van der Waals surface area contributed by atoms with Gasteiger partial charge < -0.3 is 40.5 Å². The summed E-state index contributed by atoms with van der Waals surface area (Å²) >= 11 is 2.34. The molecule has 6 atom stereocenters. The quantitative estimate of drug-likeness (QED) is 0.0794. The van der Waals surface area contributed by atoms with E-state index >= 15 is 0 Å². The van der Waals surface area contributed by atoms with E-state index in [0.29, 0.717) is 54.0 Å². The second-order valence-electron chi connectivity index (χ2n) is 26.6. The highest BCUT2D eigenvalue weighted by atomic mass is 127. The molecule has 6 fully saturated rings. The van der Waals surface area contributed by atoms with Gasteiger partial charge in [-0.3, -0.25) is 9.36 Å². The van der Waals surface area contributed by atoms with Crippen LogP contribution in [0.3, 0.4) is 0 Å². The topological polar surface area (TPSA) is 143 Å². The van der Waals surface area contributed by atoms with Gasteiger partial charge in [0, 0.05) is 104 Å². The zero-order valence-corrected chi connectivity index (χ0v) is 54.1. The number of aromatic nitrogens is 4. The van der Waals surface area contributed by atoms with E-state index in [9.17, 15) is 9.59 Å². The van der Waals surface area contributed by atoms with E-state index in [2.05, 4.69) is 172 Å². The molecule has 5 heterocycles. The van der Waals surface area contributed by atoms with Crippen LogP contribution in [0.25, 0.3) is 40.5 Å². The zero-order chi connectivity index (χ0) is 59.7. The summed E-state index contributed by atoms with van der Waals surface area (Å²) in [6, 6.07) is 29.7. The number of hydrogen-bond donors (Lipinski definition) is 4. The first-order valence-electron chi connectivity index (χ1n) is 31.0. The molecule has 5 aromatic rings. The van der Waals surface area contributed by atoms with Gasteiger partial charge in [0.05, 0.1) is 12.4 Å². The first-order valence-corrected chi connectivity index (χ1v) is 32.1. The SMILES string of the molecule is C/C(=C\c1ccc(-c2cnn(C)c2)cc1)[C@@H]1C[C@H]1NC1CCN(C(=O)OC(C)(C)C)CC1.C/C(=C\c1ccc(-c2cnn(C)c2)cc1)[C@@H]1C[C@H]1NC1CCNCC1.C/C(=C\c1ccc(I)cc1)[C@@H]1C[C@H]1NC1CCN(C(=O)OC(C)(C)C)CC1. The van der Waals surface area contributed by atoms with E-state index in [1.165, 1.54) is 85.8 Å². The van der Waals surface area contributed by atoms with Gasteiger partial charge in [0.25, 0.3) is 0 Å². The Morgan fingerprint density at radius 3 is 1.14 bits per heavy atom. The van der Waals surface area contributed by atoms with Gasteiger partial charge >= 0.3 is 12.2 Å². The standard InChI is InChI=1S/C26H36N4O2.C22H31IN2O2.C21H28N4/c1-18(14-19-6-8-20(9-7-19)21-16-27-29(5)17-21)23-15-24(23)28-22-10-12-30(13-11-22)25(31)32-26(2,3)4;1-15(13-16-5-7-17(23)8-6-16)19-14-20(19)24-18-9-11-25(12-10-18)21(26)27-22(2,3)4;1-15(20-12-21(20)24-19-7-9-22-10-8-19)11-16-3-5-17(6-4-16)18-13-23-25(2)14-18/h6-9,14,16-17,22-24,28H,10-13,15H2,1-5H3;5-8,13,18-20,24H,9-12,14H2,1-4H3;3-6,11,13-14,19-22,24H,7-10,12H2,1-2H3/b18-14+;15-13+;15-11+/t23-,24+;19-,20+;20-,21+/m000/s1. The van der Waals surface area contributed by atoms with Crippen LogP contribution < -0.4 is 21.3 Å². The Morgan fingerprint density at radius 1 is 0.512 bits per heavy atom. The van der Waals surface area contributed by atoms with Crippen molar-refractivity contribution >= 4 is 53.0 Å². The fourth-order valence-corrected chi connectivity index (χ4v) is 12.4. The Bertz CT molecular complexity index is 3040. The predicted molar refractivity (Wildman–Crippen MR) is 350 cm³/mol. The average Bonchev–Trinajstić information content (AvgIpc) is 4.11. The number of carbonyl (C=O) groups is 2. The lowest BCUT2D eigenvalue weighted by Gasteiger charge is -2.34. The van der Waals surface area contributed by atoms with Gasteiger partial charge in [-0.2, -0.15) is 10.2 Å². The van der Waals surface area contributed by atoms with E-state index in [4.69, 9.17) is 9.47 Å². The number of nitrogens with one attached hydrogen (secondary N) is 4. The molecule has 6 aliphatic rings. The van der Waals surface area contributed by atoms with E-state index in [1.807, 2.05) is 93.4 Å². The molecule has 3 saturated heterocycles. The number of piperidine rings is 3. The van der Waals surface area contributed by atoms with E-state index in [0.717, 1.165) is 70.5 Å². The van der Waals surface area contributed by atoms with Crippen LogP contribution >= 0.6 is 22.6 Å². The summed E-state index contributed by atoms with van der Waals surface area (Å²) in [5, 5.41) is 23.4. The maximum Gasteiger partial charge on any atom is 0.410 e. The molecular formula is C69H95IN10O4. The molecule has 4 N–H and O–H groups in total. The number of aryl methyl sites for hydroxylation is 2. The summed E-state index contributed by atoms with van der Waals surface area (Å²) in [5.74, 6) is 1.97. The fraction of sp³-hybridized carbons (Fsp3) is 0.536. The molecule has 3 aromatic carbocycles. The number of nitrogens with zero attached hydrogens (tertiary/aromatic N) is 6. The van der Waals surface area contributed by atoms with Crippen molar-refractivity contribution in [2.45, 2.75) is 168 Å². The minimum absolute atomic E-state index is 0.179. The van der Waals surface area contributed by atoms with Crippen molar-refractivity contribution < 1.29 is 19.1 Å². The molecule has 14 nitrogen and oxygen atoms in total. The molecular weight excluding hydrogens is 1160 g/mol. The second kappa shape index (κ2) is 28.3. The van der Waals surface area contributed by atoms with Crippen LogP contribution in [-0.2, 0) is 23.6 Å². The molecule has 452 valence electrons. The number of hydrogen-bond acceptors (Lipinski definition) is 10. The Labute approximate surface area is 515 Å². The number of benzene rings is 3. The van der Waals surface area contributed by atoms with Crippen molar-refractivity contribution in [2.75, 3.05) is 39.3 Å². The number of amides is 2. The summed E-state index contributed by atoms with van der Waals surface area (Å²) in [4.78, 5) is 28.1. The third kappa shape index (κ3) is 19.2. The van der Waals surface area contributed by atoms with Crippen molar-refractivity contribution in [1.29, 1.82) is 0 Å². The molecule has 0 radical (unpaired) electrons. The lowest BCUT2D eigenvalue weighted by atomic mass is 10.0. The van der Waals surface area contributed by atoms with Gasteiger partial charge in [-0.25, -0.2) is 9.59 Å². The summed E-state index contributed by atoms with van der Waals surface area (Å²) in [5.41, 5.74) is 12.1. The maximum absolute atomic E-state index is 12.2.